The molecule has 6 heteroatoms. The molecule has 1 aromatic rings. The molecule has 0 amide bonds. The van der Waals surface area contributed by atoms with Gasteiger partial charge in [0.25, 0.3) is 0 Å². The van der Waals surface area contributed by atoms with E-state index < -0.39 is 11.7 Å². The topological polar surface area (TPSA) is 24.9 Å². The highest BCUT2D eigenvalue weighted by atomic mass is 35.5. The Morgan fingerprint density at radius 1 is 1.24 bits per heavy atom. The Labute approximate surface area is 104 Å². The summed E-state index contributed by atoms with van der Waals surface area (Å²) in [6.07, 6.45) is -1.31. The lowest BCUT2D eigenvalue weighted by atomic mass is 9.93. The molecule has 2 heterocycles. The summed E-state index contributed by atoms with van der Waals surface area (Å²) >= 11 is 0. The van der Waals surface area contributed by atoms with Crippen molar-refractivity contribution in [3.8, 4) is 0 Å². The van der Waals surface area contributed by atoms with Gasteiger partial charge in [-0.1, -0.05) is 0 Å². The van der Waals surface area contributed by atoms with Gasteiger partial charge in [0.15, 0.2) is 0 Å². The predicted octanol–water partition coefficient (Wildman–Crippen LogP) is 2.99. The van der Waals surface area contributed by atoms with Gasteiger partial charge < -0.3 is 5.32 Å². The summed E-state index contributed by atoms with van der Waals surface area (Å²) in [6.45, 7) is 1.70. The molecule has 0 aliphatic carbocycles. The van der Waals surface area contributed by atoms with E-state index in [9.17, 15) is 13.2 Å². The Kier molecular flexibility index (Phi) is 4.77. The van der Waals surface area contributed by atoms with Crippen molar-refractivity contribution in [3.63, 3.8) is 0 Å². The number of rotatable bonds is 1. The molecule has 0 unspecified atom stereocenters. The molecule has 1 aromatic heterocycles. The third-order valence-electron chi connectivity index (χ3n) is 2.87. The van der Waals surface area contributed by atoms with Crippen LogP contribution in [0, 0.1) is 0 Å². The van der Waals surface area contributed by atoms with E-state index in [1.165, 1.54) is 12.3 Å². The van der Waals surface area contributed by atoms with Crippen LogP contribution in [0.4, 0.5) is 13.2 Å². The summed E-state index contributed by atoms with van der Waals surface area (Å²) in [5.74, 6) is 0.156. The zero-order valence-electron chi connectivity index (χ0n) is 9.13. The van der Waals surface area contributed by atoms with Crippen LogP contribution in [0.1, 0.15) is 30.0 Å². The summed E-state index contributed by atoms with van der Waals surface area (Å²) in [5, 5.41) is 3.18. The standard InChI is InChI=1S/C11H13F3N2.ClH/c12-11(13,14)9-3-6-16-10(7-9)8-1-4-15-5-2-8;/h3,6-8,15H,1-2,4-5H2;1H. The minimum Gasteiger partial charge on any atom is -0.317 e. The number of pyridine rings is 1. The van der Waals surface area contributed by atoms with Crippen LogP contribution in [0.5, 0.6) is 0 Å². The van der Waals surface area contributed by atoms with E-state index in [2.05, 4.69) is 10.3 Å². The largest absolute Gasteiger partial charge is 0.416 e. The summed E-state index contributed by atoms with van der Waals surface area (Å²) < 4.78 is 37.5. The van der Waals surface area contributed by atoms with Gasteiger partial charge in [0.1, 0.15) is 0 Å². The summed E-state index contributed by atoms with van der Waals surface area (Å²) in [5.41, 5.74) is -0.0349. The maximum Gasteiger partial charge on any atom is 0.416 e. The lowest BCUT2D eigenvalue weighted by Crippen LogP contribution is -2.27. The minimum atomic E-state index is -4.27. The SMILES string of the molecule is Cl.FC(F)(F)c1ccnc(C2CCNCC2)c1. The summed E-state index contributed by atoms with van der Waals surface area (Å²) in [7, 11) is 0. The highest BCUT2D eigenvalue weighted by Gasteiger charge is 2.31. The van der Waals surface area contributed by atoms with Crippen LogP contribution in [0.3, 0.4) is 0 Å². The normalized spacial score (nSPS) is 17.6. The first-order valence-electron chi connectivity index (χ1n) is 5.31. The lowest BCUT2D eigenvalue weighted by Gasteiger charge is -2.22. The lowest BCUT2D eigenvalue weighted by molar-refractivity contribution is -0.137. The van der Waals surface area contributed by atoms with Crippen LogP contribution < -0.4 is 5.32 Å². The molecule has 0 spiro atoms. The molecule has 17 heavy (non-hydrogen) atoms. The van der Waals surface area contributed by atoms with E-state index in [0.717, 1.165) is 32.0 Å². The molecule has 1 fully saturated rings. The van der Waals surface area contributed by atoms with E-state index in [0.29, 0.717) is 5.69 Å². The number of halogens is 4. The van der Waals surface area contributed by atoms with Crippen LogP contribution in [0.25, 0.3) is 0 Å². The highest BCUT2D eigenvalue weighted by Crippen LogP contribution is 2.31. The maximum absolute atomic E-state index is 12.5. The minimum absolute atomic E-state index is 0. The summed E-state index contributed by atoms with van der Waals surface area (Å²) in [6, 6.07) is 2.20. The highest BCUT2D eigenvalue weighted by molar-refractivity contribution is 5.85. The molecule has 0 atom stereocenters. The van der Waals surface area contributed by atoms with Gasteiger partial charge in [0.2, 0.25) is 0 Å². The molecular weight excluding hydrogens is 253 g/mol. The van der Waals surface area contributed by atoms with Crippen LogP contribution in [-0.2, 0) is 6.18 Å². The van der Waals surface area contributed by atoms with Crippen LogP contribution in [0.15, 0.2) is 18.3 Å². The van der Waals surface area contributed by atoms with E-state index >= 15 is 0 Å². The average Bonchev–Trinajstić information content (AvgIpc) is 2.29. The van der Waals surface area contributed by atoms with Crippen LogP contribution >= 0.6 is 12.4 Å². The van der Waals surface area contributed by atoms with Crippen molar-refractivity contribution >= 4 is 12.4 Å². The second-order valence-electron chi connectivity index (χ2n) is 3.99. The van der Waals surface area contributed by atoms with Crippen molar-refractivity contribution in [2.24, 2.45) is 0 Å². The Morgan fingerprint density at radius 3 is 2.47 bits per heavy atom. The number of nitrogens with zero attached hydrogens (tertiary/aromatic N) is 1. The maximum atomic E-state index is 12.5. The zero-order chi connectivity index (χ0) is 11.6. The Morgan fingerprint density at radius 2 is 1.88 bits per heavy atom. The van der Waals surface area contributed by atoms with Crippen LogP contribution in [0.2, 0.25) is 0 Å². The van der Waals surface area contributed by atoms with Crippen molar-refractivity contribution in [2.45, 2.75) is 24.9 Å². The van der Waals surface area contributed by atoms with Gasteiger partial charge in [-0.3, -0.25) is 4.98 Å². The molecule has 2 nitrogen and oxygen atoms in total. The molecule has 0 radical (unpaired) electrons. The number of piperidine rings is 1. The molecule has 2 rings (SSSR count). The fourth-order valence-corrected chi connectivity index (χ4v) is 1.97. The predicted molar refractivity (Wildman–Crippen MR) is 61.3 cm³/mol. The Hall–Kier alpha value is -0.810. The van der Waals surface area contributed by atoms with Crippen molar-refractivity contribution in [3.05, 3.63) is 29.6 Å². The molecule has 1 saturated heterocycles. The van der Waals surface area contributed by atoms with E-state index in [-0.39, 0.29) is 18.3 Å². The molecular formula is C11H14ClF3N2. The first-order chi connectivity index (χ1) is 7.57. The quantitative estimate of drug-likeness (QED) is 0.845. The smallest absolute Gasteiger partial charge is 0.317 e. The average molecular weight is 267 g/mol. The molecule has 1 aliphatic rings. The molecule has 1 N–H and O–H groups in total. The second kappa shape index (κ2) is 5.69. The number of alkyl halides is 3. The molecule has 96 valence electrons. The fraction of sp³-hybridized carbons (Fsp3) is 0.545. The molecule has 0 aromatic carbocycles. The van der Waals surface area contributed by atoms with E-state index in [4.69, 9.17) is 0 Å². The number of aromatic nitrogens is 1. The Balaban J connectivity index is 0.00000144. The number of hydrogen-bond donors (Lipinski definition) is 1. The van der Waals surface area contributed by atoms with Crippen molar-refractivity contribution in [2.75, 3.05) is 13.1 Å². The van der Waals surface area contributed by atoms with Crippen molar-refractivity contribution in [1.82, 2.24) is 10.3 Å². The van der Waals surface area contributed by atoms with Gasteiger partial charge in [0.05, 0.1) is 5.56 Å². The third-order valence-corrected chi connectivity index (χ3v) is 2.87. The molecule has 0 bridgehead atoms. The molecule has 1 aliphatic heterocycles. The fourth-order valence-electron chi connectivity index (χ4n) is 1.97. The first-order valence-corrected chi connectivity index (χ1v) is 5.31. The van der Waals surface area contributed by atoms with E-state index in [1.807, 2.05) is 0 Å². The Bertz CT molecular complexity index is 362. The van der Waals surface area contributed by atoms with Crippen molar-refractivity contribution in [1.29, 1.82) is 0 Å². The number of hydrogen-bond acceptors (Lipinski definition) is 2. The van der Waals surface area contributed by atoms with Crippen molar-refractivity contribution < 1.29 is 13.2 Å². The monoisotopic (exact) mass is 266 g/mol. The van der Waals surface area contributed by atoms with Gasteiger partial charge in [0, 0.05) is 17.8 Å². The van der Waals surface area contributed by atoms with E-state index in [1.54, 1.807) is 0 Å². The van der Waals surface area contributed by atoms with Gasteiger partial charge in [-0.2, -0.15) is 13.2 Å². The van der Waals surface area contributed by atoms with Gasteiger partial charge >= 0.3 is 6.18 Å². The number of nitrogens with one attached hydrogen (secondary N) is 1. The zero-order valence-corrected chi connectivity index (χ0v) is 9.94. The second-order valence-corrected chi connectivity index (χ2v) is 3.99. The van der Waals surface area contributed by atoms with Gasteiger partial charge in [-0.25, -0.2) is 0 Å². The van der Waals surface area contributed by atoms with Gasteiger partial charge in [-0.05, 0) is 38.1 Å². The molecule has 0 saturated carbocycles. The van der Waals surface area contributed by atoms with Gasteiger partial charge in [-0.15, -0.1) is 12.4 Å². The first kappa shape index (κ1) is 14.3. The summed E-state index contributed by atoms with van der Waals surface area (Å²) in [4.78, 5) is 4.05. The third kappa shape index (κ3) is 3.57. The van der Waals surface area contributed by atoms with Crippen LogP contribution in [-0.4, -0.2) is 18.1 Å².